The lowest BCUT2D eigenvalue weighted by Crippen LogP contribution is -2.11. The third-order valence-corrected chi connectivity index (χ3v) is 4.36. The summed E-state index contributed by atoms with van der Waals surface area (Å²) in [6.07, 6.45) is 2.04. The van der Waals surface area contributed by atoms with Gasteiger partial charge in [0.1, 0.15) is 17.4 Å². The van der Waals surface area contributed by atoms with Crippen molar-refractivity contribution in [2.24, 2.45) is 0 Å². The average molecular weight is 423 g/mol. The summed E-state index contributed by atoms with van der Waals surface area (Å²) < 4.78 is 20.9. The van der Waals surface area contributed by atoms with Gasteiger partial charge in [0, 0.05) is 6.42 Å². The highest BCUT2D eigenvalue weighted by Crippen LogP contribution is 2.29. The van der Waals surface area contributed by atoms with Crippen LogP contribution in [-0.4, -0.2) is 32.8 Å². The SMILES string of the molecule is COC(=O)/C(C#N)=C/c1ccc(OC(=O)CCCOc2ccc(C)cc2C)c(OC)c1. The number of esters is 2. The van der Waals surface area contributed by atoms with Gasteiger partial charge in [0.2, 0.25) is 0 Å². The van der Waals surface area contributed by atoms with Gasteiger partial charge in [0.15, 0.2) is 11.5 Å². The van der Waals surface area contributed by atoms with Crippen LogP contribution in [0.3, 0.4) is 0 Å². The summed E-state index contributed by atoms with van der Waals surface area (Å²) in [6, 6.07) is 12.4. The number of hydrogen-bond acceptors (Lipinski definition) is 7. The number of nitrogens with zero attached hydrogens (tertiary/aromatic N) is 1. The molecule has 0 atom stereocenters. The highest BCUT2D eigenvalue weighted by Gasteiger charge is 2.13. The van der Waals surface area contributed by atoms with E-state index in [-0.39, 0.29) is 17.7 Å². The third-order valence-electron chi connectivity index (χ3n) is 4.36. The molecule has 0 radical (unpaired) electrons. The fraction of sp³-hybridized carbons (Fsp3) is 0.292. The Hall–Kier alpha value is -3.79. The van der Waals surface area contributed by atoms with Crippen molar-refractivity contribution in [3.8, 4) is 23.3 Å². The van der Waals surface area contributed by atoms with Crippen molar-refractivity contribution in [3.05, 3.63) is 58.7 Å². The Kier molecular flexibility index (Phi) is 8.64. The fourth-order valence-corrected chi connectivity index (χ4v) is 2.81. The summed E-state index contributed by atoms with van der Waals surface area (Å²) in [5.74, 6) is 0.193. The molecule has 2 aromatic carbocycles. The molecule has 162 valence electrons. The van der Waals surface area contributed by atoms with Crippen LogP contribution in [0.15, 0.2) is 42.0 Å². The molecule has 0 saturated carbocycles. The molecule has 0 unspecified atom stereocenters. The van der Waals surface area contributed by atoms with Crippen molar-refractivity contribution < 1.29 is 28.5 Å². The van der Waals surface area contributed by atoms with Gasteiger partial charge >= 0.3 is 11.9 Å². The Labute approximate surface area is 181 Å². The van der Waals surface area contributed by atoms with Gasteiger partial charge in [-0.1, -0.05) is 23.8 Å². The van der Waals surface area contributed by atoms with Crippen molar-refractivity contribution in [1.29, 1.82) is 5.26 Å². The van der Waals surface area contributed by atoms with Crippen LogP contribution in [0.5, 0.6) is 17.2 Å². The van der Waals surface area contributed by atoms with E-state index in [0.29, 0.717) is 24.3 Å². The molecule has 0 amide bonds. The summed E-state index contributed by atoms with van der Waals surface area (Å²) in [4.78, 5) is 23.7. The normalized spacial score (nSPS) is 10.7. The highest BCUT2D eigenvalue weighted by atomic mass is 16.6. The summed E-state index contributed by atoms with van der Waals surface area (Å²) in [5, 5.41) is 9.06. The molecular weight excluding hydrogens is 398 g/mol. The van der Waals surface area contributed by atoms with E-state index in [0.717, 1.165) is 16.9 Å². The number of benzene rings is 2. The Bertz CT molecular complexity index is 1020. The molecule has 0 spiro atoms. The first kappa shape index (κ1) is 23.5. The van der Waals surface area contributed by atoms with Crippen LogP contribution in [-0.2, 0) is 14.3 Å². The molecule has 0 saturated heterocycles. The molecule has 0 aliphatic heterocycles. The summed E-state index contributed by atoms with van der Waals surface area (Å²) in [6.45, 7) is 4.39. The number of ether oxygens (including phenoxy) is 4. The zero-order valence-corrected chi connectivity index (χ0v) is 18.1. The van der Waals surface area contributed by atoms with E-state index in [1.807, 2.05) is 32.0 Å². The molecule has 0 fully saturated rings. The van der Waals surface area contributed by atoms with Crippen LogP contribution in [0.2, 0.25) is 0 Å². The first-order valence-electron chi connectivity index (χ1n) is 9.66. The molecule has 0 heterocycles. The van der Waals surface area contributed by atoms with E-state index in [1.165, 1.54) is 20.3 Å². The maximum absolute atomic E-state index is 12.2. The van der Waals surface area contributed by atoms with Crippen LogP contribution in [0.1, 0.15) is 29.5 Å². The second-order valence-corrected chi connectivity index (χ2v) is 6.77. The van der Waals surface area contributed by atoms with Gasteiger partial charge in [-0.3, -0.25) is 4.79 Å². The second-order valence-electron chi connectivity index (χ2n) is 6.77. The molecule has 2 aromatic rings. The van der Waals surface area contributed by atoms with Gasteiger partial charge in [-0.05, 0) is 55.7 Å². The standard InChI is InChI=1S/C24H25NO6/c1-16-7-9-20(17(2)12-16)30-11-5-6-23(26)31-21-10-8-18(14-22(21)28-3)13-19(15-25)24(27)29-4/h7-10,12-14H,5-6,11H2,1-4H3/b19-13+. The third kappa shape index (κ3) is 6.89. The zero-order chi connectivity index (χ0) is 22.8. The predicted octanol–water partition coefficient (Wildman–Crippen LogP) is 4.16. The Morgan fingerprint density at radius 1 is 1.03 bits per heavy atom. The van der Waals surface area contributed by atoms with Gasteiger partial charge in [-0.2, -0.15) is 5.26 Å². The Balaban J connectivity index is 1.94. The lowest BCUT2D eigenvalue weighted by molar-refractivity contribution is -0.136. The van der Waals surface area contributed by atoms with Gasteiger partial charge in [-0.25, -0.2) is 4.79 Å². The molecule has 0 bridgehead atoms. The fourth-order valence-electron chi connectivity index (χ4n) is 2.81. The minimum Gasteiger partial charge on any atom is -0.493 e. The van der Waals surface area contributed by atoms with Crippen LogP contribution < -0.4 is 14.2 Å². The molecule has 0 aromatic heterocycles. The average Bonchev–Trinajstić information content (AvgIpc) is 2.76. The van der Waals surface area contributed by atoms with Crippen molar-refractivity contribution in [1.82, 2.24) is 0 Å². The summed E-state index contributed by atoms with van der Waals surface area (Å²) in [7, 11) is 2.63. The zero-order valence-electron chi connectivity index (χ0n) is 18.1. The van der Waals surface area contributed by atoms with Gasteiger partial charge < -0.3 is 18.9 Å². The van der Waals surface area contributed by atoms with Crippen molar-refractivity contribution in [2.75, 3.05) is 20.8 Å². The predicted molar refractivity (Wildman–Crippen MR) is 115 cm³/mol. The van der Waals surface area contributed by atoms with Crippen LogP contribution in [0, 0.1) is 25.2 Å². The van der Waals surface area contributed by atoms with E-state index < -0.39 is 11.9 Å². The van der Waals surface area contributed by atoms with E-state index >= 15 is 0 Å². The lowest BCUT2D eigenvalue weighted by atomic mass is 10.1. The number of methoxy groups -OCH3 is 2. The minimum absolute atomic E-state index is 0.155. The van der Waals surface area contributed by atoms with Gasteiger partial charge in [0.05, 0.1) is 20.8 Å². The van der Waals surface area contributed by atoms with E-state index in [2.05, 4.69) is 4.74 Å². The molecule has 7 heteroatoms. The van der Waals surface area contributed by atoms with E-state index in [1.54, 1.807) is 24.3 Å². The number of aryl methyl sites for hydroxylation is 2. The number of hydrogen-bond donors (Lipinski definition) is 0. The molecule has 0 aliphatic carbocycles. The first-order valence-corrected chi connectivity index (χ1v) is 9.66. The summed E-state index contributed by atoms with van der Waals surface area (Å²) >= 11 is 0. The number of carbonyl (C=O) groups excluding carboxylic acids is 2. The monoisotopic (exact) mass is 423 g/mol. The smallest absolute Gasteiger partial charge is 0.348 e. The second kappa shape index (κ2) is 11.4. The molecule has 0 N–H and O–H groups in total. The van der Waals surface area contributed by atoms with Crippen molar-refractivity contribution in [2.45, 2.75) is 26.7 Å². The highest BCUT2D eigenvalue weighted by molar-refractivity contribution is 5.97. The maximum Gasteiger partial charge on any atom is 0.348 e. The number of carbonyl (C=O) groups is 2. The maximum atomic E-state index is 12.2. The first-order chi connectivity index (χ1) is 14.9. The van der Waals surface area contributed by atoms with Crippen LogP contribution >= 0.6 is 0 Å². The molecule has 7 nitrogen and oxygen atoms in total. The Morgan fingerprint density at radius 3 is 2.42 bits per heavy atom. The molecule has 0 aliphatic rings. The summed E-state index contributed by atoms with van der Waals surface area (Å²) in [5.41, 5.74) is 2.59. The molecular formula is C24H25NO6. The Morgan fingerprint density at radius 2 is 1.77 bits per heavy atom. The molecule has 2 rings (SSSR count). The van der Waals surface area contributed by atoms with E-state index in [9.17, 15) is 9.59 Å². The number of nitriles is 1. The van der Waals surface area contributed by atoms with Gasteiger partial charge in [-0.15, -0.1) is 0 Å². The lowest BCUT2D eigenvalue weighted by Gasteiger charge is -2.11. The number of rotatable bonds is 9. The van der Waals surface area contributed by atoms with E-state index in [4.69, 9.17) is 19.5 Å². The van der Waals surface area contributed by atoms with Crippen LogP contribution in [0.25, 0.3) is 6.08 Å². The minimum atomic E-state index is -0.736. The van der Waals surface area contributed by atoms with Gasteiger partial charge in [0.25, 0.3) is 0 Å². The molecule has 31 heavy (non-hydrogen) atoms. The quantitative estimate of drug-likeness (QED) is 0.196. The van der Waals surface area contributed by atoms with Crippen molar-refractivity contribution in [3.63, 3.8) is 0 Å². The van der Waals surface area contributed by atoms with Crippen molar-refractivity contribution >= 4 is 18.0 Å². The topological polar surface area (TPSA) is 94.9 Å². The largest absolute Gasteiger partial charge is 0.493 e. The van der Waals surface area contributed by atoms with Crippen LogP contribution in [0.4, 0.5) is 0 Å².